The first kappa shape index (κ1) is 16.7. The summed E-state index contributed by atoms with van der Waals surface area (Å²) in [4.78, 5) is 0. The van der Waals surface area contributed by atoms with Crippen LogP contribution < -0.4 is 4.72 Å². The highest BCUT2D eigenvalue weighted by Crippen LogP contribution is 2.30. The van der Waals surface area contributed by atoms with E-state index in [1.54, 1.807) is 0 Å². The molecular weight excluding hydrogens is 327 g/mol. The minimum absolute atomic E-state index is 0.199. The van der Waals surface area contributed by atoms with E-state index < -0.39 is 34.8 Å². The van der Waals surface area contributed by atoms with Gasteiger partial charge in [0.05, 0.1) is 22.9 Å². The van der Waals surface area contributed by atoms with E-state index in [9.17, 15) is 21.6 Å². The molecule has 1 rings (SSSR count). The number of aliphatic hydroxyl groups is 1. The summed E-state index contributed by atoms with van der Waals surface area (Å²) >= 11 is 6.29. The van der Waals surface area contributed by atoms with Crippen molar-refractivity contribution < 1.29 is 26.7 Å². The van der Waals surface area contributed by atoms with Crippen LogP contribution in [0, 0.1) is 5.92 Å². The summed E-state index contributed by atoms with van der Waals surface area (Å²) in [5.74, 6) is -2.01. The third-order valence-corrected chi connectivity index (χ3v) is 5.65. The second-order valence-electron chi connectivity index (χ2n) is 3.80. The van der Waals surface area contributed by atoms with Gasteiger partial charge in [-0.2, -0.15) is 13.2 Å². The lowest BCUT2D eigenvalue weighted by atomic mass is 10.0. The molecular formula is C9H11ClF3NO3S2. The summed E-state index contributed by atoms with van der Waals surface area (Å²) < 4.78 is 63.0. The minimum atomic E-state index is -4.61. The van der Waals surface area contributed by atoms with E-state index in [1.165, 1.54) is 12.1 Å². The molecule has 2 N–H and O–H groups in total. The van der Waals surface area contributed by atoms with Crippen molar-refractivity contribution in [2.24, 2.45) is 5.92 Å². The minimum Gasteiger partial charge on any atom is -0.395 e. The predicted molar refractivity (Wildman–Crippen MR) is 65.7 cm³/mol. The highest BCUT2D eigenvalue weighted by molar-refractivity contribution is 7.91. The fraction of sp³-hybridized carbons (Fsp3) is 0.556. The van der Waals surface area contributed by atoms with E-state index in [4.69, 9.17) is 16.7 Å². The molecule has 0 bridgehead atoms. The SMILES string of the molecule is CC(C(CO)NS(=O)(=O)c1ccc(Cl)s1)C(F)(F)F. The topological polar surface area (TPSA) is 66.4 Å². The third kappa shape index (κ3) is 4.32. The molecule has 0 aliphatic rings. The molecule has 0 radical (unpaired) electrons. The van der Waals surface area contributed by atoms with Crippen LogP contribution in [0.1, 0.15) is 6.92 Å². The zero-order valence-electron chi connectivity index (χ0n) is 9.61. The zero-order chi connectivity index (χ0) is 14.8. The van der Waals surface area contributed by atoms with Gasteiger partial charge in [0.1, 0.15) is 4.21 Å². The molecule has 0 spiro atoms. The highest BCUT2D eigenvalue weighted by Gasteiger charge is 2.42. The first-order chi connectivity index (χ1) is 8.58. The van der Waals surface area contributed by atoms with Gasteiger partial charge in [-0.3, -0.25) is 0 Å². The summed E-state index contributed by atoms with van der Waals surface area (Å²) in [7, 11) is -4.13. The monoisotopic (exact) mass is 337 g/mol. The quantitative estimate of drug-likeness (QED) is 0.866. The second-order valence-corrected chi connectivity index (χ2v) is 7.46. The molecule has 0 amide bonds. The van der Waals surface area contributed by atoms with Crippen molar-refractivity contribution >= 4 is 33.0 Å². The Kier molecular flexibility index (Phi) is 5.24. The molecule has 0 aliphatic carbocycles. The molecule has 19 heavy (non-hydrogen) atoms. The molecule has 2 atom stereocenters. The fourth-order valence-electron chi connectivity index (χ4n) is 1.23. The first-order valence-corrected chi connectivity index (χ1v) is 7.71. The van der Waals surface area contributed by atoms with E-state index in [-0.39, 0.29) is 8.55 Å². The zero-order valence-corrected chi connectivity index (χ0v) is 12.0. The Morgan fingerprint density at radius 2 is 2.05 bits per heavy atom. The van der Waals surface area contributed by atoms with Crippen molar-refractivity contribution in [1.29, 1.82) is 0 Å². The van der Waals surface area contributed by atoms with E-state index in [2.05, 4.69) is 0 Å². The van der Waals surface area contributed by atoms with Crippen molar-refractivity contribution in [3.63, 3.8) is 0 Å². The Hall–Kier alpha value is -0.350. The van der Waals surface area contributed by atoms with Crippen molar-refractivity contribution in [2.75, 3.05) is 6.61 Å². The Morgan fingerprint density at radius 3 is 2.42 bits per heavy atom. The summed E-state index contributed by atoms with van der Waals surface area (Å²) in [5, 5.41) is 8.93. The normalized spacial score (nSPS) is 16.3. The molecule has 0 saturated carbocycles. The number of halogens is 4. The average Bonchev–Trinajstić information content (AvgIpc) is 2.71. The van der Waals surface area contributed by atoms with Gasteiger partial charge in [0.15, 0.2) is 0 Å². The van der Waals surface area contributed by atoms with Crippen LogP contribution >= 0.6 is 22.9 Å². The lowest BCUT2D eigenvalue weighted by Gasteiger charge is -2.24. The Bertz CT molecular complexity index is 529. The molecule has 0 saturated heterocycles. The van der Waals surface area contributed by atoms with Crippen LogP contribution in [-0.4, -0.2) is 32.3 Å². The maximum atomic E-state index is 12.5. The number of thiophene rings is 1. The van der Waals surface area contributed by atoms with Crippen LogP contribution in [0.3, 0.4) is 0 Å². The molecule has 1 aromatic rings. The highest BCUT2D eigenvalue weighted by atomic mass is 35.5. The maximum absolute atomic E-state index is 12.5. The number of hydrogen-bond acceptors (Lipinski definition) is 4. The van der Waals surface area contributed by atoms with Crippen molar-refractivity contribution in [3.8, 4) is 0 Å². The standard InChI is InChI=1S/C9H11ClF3NO3S2/c1-5(9(11,12)13)6(4-15)14-19(16,17)8-3-2-7(10)18-8/h2-3,5-6,14-15H,4H2,1H3. The van der Waals surface area contributed by atoms with E-state index in [0.717, 1.165) is 18.3 Å². The molecule has 0 aromatic carbocycles. The molecule has 1 aromatic heterocycles. The lowest BCUT2D eigenvalue weighted by Crippen LogP contribution is -2.46. The molecule has 0 aliphatic heterocycles. The number of alkyl halides is 3. The van der Waals surface area contributed by atoms with Gasteiger partial charge in [0.2, 0.25) is 10.0 Å². The molecule has 0 fully saturated rings. The molecule has 10 heteroatoms. The van der Waals surface area contributed by atoms with Gasteiger partial charge < -0.3 is 5.11 Å². The van der Waals surface area contributed by atoms with E-state index in [0.29, 0.717) is 0 Å². The van der Waals surface area contributed by atoms with Crippen LogP contribution in [0.4, 0.5) is 13.2 Å². The summed E-state index contributed by atoms with van der Waals surface area (Å²) in [6.07, 6.45) is -4.61. The number of aliphatic hydroxyl groups excluding tert-OH is 1. The average molecular weight is 338 g/mol. The summed E-state index contributed by atoms with van der Waals surface area (Å²) in [5.41, 5.74) is 0. The maximum Gasteiger partial charge on any atom is 0.393 e. The fourth-order valence-corrected chi connectivity index (χ4v) is 4.03. The van der Waals surface area contributed by atoms with Gasteiger partial charge >= 0.3 is 6.18 Å². The predicted octanol–water partition coefficient (Wildman–Crippen LogP) is 2.24. The summed E-state index contributed by atoms with van der Waals surface area (Å²) in [6.45, 7) is -0.163. The smallest absolute Gasteiger partial charge is 0.393 e. The summed E-state index contributed by atoms with van der Waals surface area (Å²) in [6, 6.07) is 0.857. The van der Waals surface area contributed by atoms with E-state index >= 15 is 0 Å². The van der Waals surface area contributed by atoms with Crippen molar-refractivity contribution in [2.45, 2.75) is 23.4 Å². The number of hydrogen-bond donors (Lipinski definition) is 2. The second kappa shape index (κ2) is 5.96. The van der Waals surface area contributed by atoms with E-state index in [1.807, 2.05) is 4.72 Å². The third-order valence-electron chi connectivity index (χ3n) is 2.44. The van der Waals surface area contributed by atoms with Gasteiger partial charge in [-0.25, -0.2) is 13.1 Å². The van der Waals surface area contributed by atoms with Crippen LogP contribution in [0.15, 0.2) is 16.3 Å². The van der Waals surface area contributed by atoms with Gasteiger partial charge in [-0.1, -0.05) is 18.5 Å². The van der Waals surface area contributed by atoms with Gasteiger partial charge in [-0.15, -0.1) is 11.3 Å². The Morgan fingerprint density at radius 1 is 1.47 bits per heavy atom. The van der Waals surface area contributed by atoms with Crippen LogP contribution in [0.5, 0.6) is 0 Å². The lowest BCUT2D eigenvalue weighted by molar-refractivity contribution is -0.178. The Balaban J connectivity index is 2.93. The molecule has 1 heterocycles. The molecule has 110 valence electrons. The molecule has 2 unspecified atom stereocenters. The Labute approximate surface area is 117 Å². The van der Waals surface area contributed by atoms with Crippen LogP contribution in [0.25, 0.3) is 0 Å². The van der Waals surface area contributed by atoms with Gasteiger partial charge in [-0.05, 0) is 12.1 Å². The van der Waals surface area contributed by atoms with Crippen LogP contribution in [-0.2, 0) is 10.0 Å². The van der Waals surface area contributed by atoms with Gasteiger partial charge in [0, 0.05) is 0 Å². The number of nitrogens with one attached hydrogen (secondary N) is 1. The largest absolute Gasteiger partial charge is 0.395 e. The molecule has 4 nitrogen and oxygen atoms in total. The first-order valence-electron chi connectivity index (χ1n) is 5.03. The van der Waals surface area contributed by atoms with Gasteiger partial charge in [0.25, 0.3) is 0 Å². The van der Waals surface area contributed by atoms with Crippen molar-refractivity contribution in [3.05, 3.63) is 16.5 Å². The number of sulfonamides is 1. The number of rotatable bonds is 5. The van der Waals surface area contributed by atoms with Crippen molar-refractivity contribution in [1.82, 2.24) is 4.72 Å². The van der Waals surface area contributed by atoms with Crippen LogP contribution in [0.2, 0.25) is 4.34 Å².